The van der Waals surface area contributed by atoms with Crippen LogP contribution in [0.15, 0.2) is 33.1 Å². The van der Waals surface area contributed by atoms with Gasteiger partial charge in [0.25, 0.3) is 0 Å². The normalized spacial score (nSPS) is 35.9. The van der Waals surface area contributed by atoms with E-state index in [0.717, 1.165) is 35.2 Å². The standard InChI is InChI=1S/C22H26O2/c1-12(19-6-8-21(23-19)17-10-15(17)13-2-3-13)20-7-9-22(24-20)18-11-16(18)14-4-5-14/h6-9,12-18H,2-5,10-11H2,1H3/t12?,15-,16+,17+,18-. The number of rotatable bonds is 6. The third kappa shape index (κ3) is 2.29. The minimum atomic E-state index is 0.226. The van der Waals surface area contributed by atoms with Gasteiger partial charge in [0.2, 0.25) is 0 Å². The molecular formula is C22H26O2. The molecule has 4 aliphatic rings. The summed E-state index contributed by atoms with van der Waals surface area (Å²) in [5.41, 5.74) is 0. The summed E-state index contributed by atoms with van der Waals surface area (Å²) in [4.78, 5) is 0. The SMILES string of the molecule is CC(c1ccc([C@H]2C[C@@H]2C2CC2)o1)c1ccc([C@@H]2C[C@H]2C2CC2)o1. The van der Waals surface area contributed by atoms with Crippen molar-refractivity contribution >= 4 is 0 Å². The molecule has 4 fully saturated rings. The Kier molecular flexibility index (Phi) is 2.76. The van der Waals surface area contributed by atoms with Crippen molar-refractivity contribution < 1.29 is 8.83 Å². The van der Waals surface area contributed by atoms with Crippen molar-refractivity contribution in [3.8, 4) is 0 Å². The molecule has 2 aromatic rings. The maximum absolute atomic E-state index is 6.23. The molecule has 0 spiro atoms. The van der Waals surface area contributed by atoms with Crippen molar-refractivity contribution in [1.29, 1.82) is 0 Å². The van der Waals surface area contributed by atoms with Crippen LogP contribution in [0.25, 0.3) is 0 Å². The summed E-state index contributed by atoms with van der Waals surface area (Å²) in [6, 6.07) is 8.78. The zero-order chi connectivity index (χ0) is 15.8. The van der Waals surface area contributed by atoms with E-state index in [1.54, 1.807) is 0 Å². The second kappa shape index (κ2) is 4.80. The van der Waals surface area contributed by atoms with Crippen LogP contribution in [0, 0.1) is 23.7 Å². The molecule has 1 unspecified atom stereocenters. The molecule has 0 aromatic carbocycles. The first-order valence-corrected chi connectivity index (χ1v) is 9.97. The molecule has 0 N–H and O–H groups in total. The third-order valence-electron chi connectivity index (χ3n) is 7.01. The van der Waals surface area contributed by atoms with E-state index in [4.69, 9.17) is 8.83 Å². The summed E-state index contributed by atoms with van der Waals surface area (Å²) < 4.78 is 12.5. The molecule has 0 amide bonds. The fraction of sp³-hybridized carbons (Fsp3) is 0.636. The molecule has 6 rings (SSSR count). The lowest BCUT2D eigenvalue weighted by molar-refractivity contribution is 0.400. The highest BCUT2D eigenvalue weighted by atomic mass is 16.4. The van der Waals surface area contributed by atoms with Crippen LogP contribution in [0.2, 0.25) is 0 Å². The molecule has 2 heteroatoms. The topological polar surface area (TPSA) is 26.3 Å². The van der Waals surface area contributed by atoms with Gasteiger partial charge in [-0.3, -0.25) is 0 Å². The second-order valence-electron chi connectivity index (χ2n) is 8.89. The van der Waals surface area contributed by atoms with E-state index >= 15 is 0 Å². The highest BCUT2D eigenvalue weighted by molar-refractivity contribution is 5.27. The minimum absolute atomic E-state index is 0.226. The van der Waals surface area contributed by atoms with Crippen molar-refractivity contribution in [2.75, 3.05) is 0 Å². The summed E-state index contributed by atoms with van der Waals surface area (Å²) in [6.07, 6.45) is 8.49. The van der Waals surface area contributed by atoms with E-state index < -0.39 is 0 Å². The average molecular weight is 322 g/mol. The van der Waals surface area contributed by atoms with Gasteiger partial charge in [-0.15, -0.1) is 0 Å². The zero-order valence-corrected chi connectivity index (χ0v) is 14.4. The molecule has 0 aliphatic heterocycles. The maximum atomic E-state index is 6.23. The summed E-state index contributed by atoms with van der Waals surface area (Å²) in [6.45, 7) is 2.21. The molecule has 24 heavy (non-hydrogen) atoms. The van der Waals surface area contributed by atoms with E-state index in [9.17, 15) is 0 Å². The molecule has 0 radical (unpaired) electrons. The monoisotopic (exact) mass is 322 g/mol. The van der Waals surface area contributed by atoms with Crippen LogP contribution >= 0.6 is 0 Å². The Morgan fingerprint density at radius 2 is 1.21 bits per heavy atom. The molecule has 2 aromatic heterocycles. The van der Waals surface area contributed by atoms with Gasteiger partial charge in [-0.1, -0.05) is 0 Å². The minimum Gasteiger partial charge on any atom is -0.465 e. The first-order valence-electron chi connectivity index (χ1n) is 9.97. The second-order valence-corrected chi connectivity index (χ2v) is 8.89. The quantitative estimate of drug-likeness (QED) is 0.647. The van der Waals surface area contributed by atoms with E-state index in [-0.39, 0.29) is 5.92 Å². The van der Waals surface area contributed by atoms with Crippen LogP contribution in [0.3, 0.4) is 0 Å². The fourth-order valence-electron chi connectivity index (χ4n) is 4.92. The number of hydrogen-bond acceptors (Lipinski definition) is 2. The smallest absolute Gasteiger partial charge is 0.114 e. The van der Waals surface area contributed by atoms with Crippen LogP contribution in [-0.2, 0) is 0 Å². The lowest BCUT2D eigenvalue weighted by atomic mass is 10.1. The highest BCUT2D eigenvalue weighted by Crippen LogP contribution is 2.60. The van der Waals surface area contributed by atoms with Crippen molar-refractivity contribution in [1.82, 2.24) is 0 Å². The molecule has 0 bridgehead atoms. The van der Waals surface area contributed by atoms with Gasteiger partial charge in [-0.2, -0.15) is 0 Å². The van der Waals surface area contributed by atoms with Gasteiger partial charge in [-0.25, -0.2) is 0 Å². The Bertz CT molecular complexity index is 696. The van der Waals surface area contributed by atoms with E-state index in [2.05, 4.69) is 31.2 Å². The van der Waals surface area contributed by atoms with Crippen LogP contribution in [-0.4, -0.2) is 0 Å². The molecule has 2 nitrogen and oxygen atoms in total. The third-order valence-corrected chi connectivity index (χ3v) is 7.01. The highest BCUT2D eigenvalue weighted by Gasteiger charge is 2.50. The molecule has 126 valence electrons. The number of furan rings is 2. The zero-order valence-electron chi connectivity index (χ0n) is 14.4. The van der Waals surface area contributed by atoms with E-state index in [1.807, 2.05) is 0 Å². The van der Waals surface area contributed by atoms with Crippen molar-refractivity contribution in [3.05, 3.63) is 47.3 Å². The summed E-state index contributed by atoms with van der Waals surface area (Å²) in [7, 11) is 0. The lowest BCUT2D eigenvalue weighted by Gasteiger charge is -2.05. The number of hydrogen-bond donors (Lipinski definition) is 0. The Balaban J connectivity index is 1.16. The van der Waals surface area contributed by atoms with Gasteiger partial charge in [0.15, 0.2) is 0 Å². The Morgan fingerprint density at radius 1 is 0.750 bits per heavy atom. The molecule has 5 atom stereocenters. The Morgan fingerprint density at radius 3 is 1.62 bits per heavy atom. The van der Waals surface area contributed by atoms with Crippen molar-refractivity contribution in [3.63, 3.8) is 0 Å². The first-order chi connectivity index (χ1) is 11.8. The van der Waals surface area contributed by atoms with Crippen LogP contribution in [0.4, 0.5) is 0 Å². The van der Waals surface area contributed by atoms with Gasteiger partial charge in [0, 0.05) is 11.8 Å². The van der Waals surface area contributed by atoms with Gasteiger partial charge in [-0.05, 0) is 93.4 Å². The molecule has 0 saturated heterocycles. The van der Waals surface area contributed by atoms with Crippen LogP contribution in [0.1, 0.15) is 86.2 Å². The van der Waals surface area contributed by atoms with Gasteiger partial charge >= 0.3 is 0 Å². The summed E-state index contributed by atoms with van der Waals surface area (Å²) in [5, 5.41) is 0. The van der Waals surface area contributed by atoms with Crippen LogP contribution in [0.5, 0.6) is 0 Å². The molecule has 2 heterocycles. The van der Waals surface area contributed by atoms with Crippen LogP contribution < -0.4 is 0 Å². The largest absolute Gasteiger partial charge is 0.465 e. The average Bonchev–Trinajstić information content (AvgIpc) is 3.41. The predicted octanol–water partition coefficient (Wildman–Crippen LogP) is 6.05. The lowest BCUT2D eigenvalue weighted by Crippen LogP contribution is -1.92. The Hall–Kier alpha value is -1.44. The van der Waals surface area contributed by atoms with Crippen molar-refractivity contribution in [2.24, 2.45) is 23.7 Å². The summed E-state index contributed by atoms with van der Waals surface area (Å²) in [5.74, 6) is 10.1. The van der Waals surface area contributed by atoms with Gasteiger partial charge in [0.05, 0.1) is 5.92 Å². The maximum Gasteiger partial charge on any atom is 0.114 e. The Labute approximate surface area is 143 Å². The molecule has 4 aliphatic carbocycles. The summed E-state index contributed by atoms with van der Waals surface area (Å²) >= 11 is 0. The molecular weight excluding hydrogens is 296 g/mol. The first kappa shape index (κ1) is 13.8. The van der Waals surface area contributed by atoms with E-state index in [0.29, 0.717) is 11.8 Å². The molecule has 4 saturated carbocycles. The van der Waals surface area contributed by atoms with Crippen molar-refractivity contribution in [2.45, 2.75) is 63.2 Å². The van der Waals surface area contributed by atoms with E-state index in [1.165, 1.54) is 50.0 Å². The van der Waals surface area contributed by atoms with Gasteiger partial charge in [0.1, 0.15) is 23.0 Å². The fourth-order valence-corrected chi connectivity index (χ4v) is 4.92. The predicted molar refractivity (Wildman–Crippen MR) is 92.1 cm³/mol. The van der Waals surface area contributed by atoms with Gasteiger partial charge < -0.3 is 8.83 Å².